The molecule has 0 aliphatic heterocycles. The maximum atomic E-state index is 12.0. The van der Waals surface area contributed by atoms with Crippen LogP contribution in [0, 0.1) is 0 Å². The normalized spacial score (nSPS) is 10.8. The van der Waals surface area contributed by atoms with Crippen molar-refractivity contribution in [2.45, 2.75) is 6.92 Å². The third-order valence-corrected chi connectivity index (χ3v) is 3.03. The van der Waals surface area contributed by atoms with E-state index >= 15 is 0 Å². The summed E-state index contributed by atoms with van der Waals surface area (Å²) in [5.74, 6) is -0.477. The Labute approximate surface area is 125 Å². The first-order valence-corrected chi connectivity index (χ1v) is 6.70. The van der Waals surface area contributed by atoms with Crippen LogP contribution in [0.2, 0.25) is 5.15 Å². The fraction of sp³-hybridized carbons (Fsp3) is 0.143. The lowest BCUT2D eigenvalue weighted by Gasteiger charge is -2.03. The molecule has 0 atom stereocenters. The van der Waals surface area contributed by atoms with Gasteiger partial charge in [-0.15, -0.1) is 0 Å². The fourth-order valence-corrected chi connectivity index (χ4v) is 2.15. The van der Waals surface area contributed by atoms with Crippen LogP contribution in [-0.4, -0.2) is 32.2 Å². The molecule has 0 radical (unpaired) electrons. The molecule has 106 valence electrons. The second-order valence-corrected chi connectivity index (χ2v) is 4.62. The largest absolute Gasteiger partial charge is 0.462 e. The van der Waals surface area contributed by atoms with Gasteiger partial charge in [0.15, 0.2) is 10.8 Å². The highest BCUT2D eigenvalue weighted by Gasteiger charge is 2.17. The highest BCUT2D eigenvalue weighted by Crippen LogP contribution is 2.21. The van der Waals surface area contributed by atoms with Crippen LogP contribution < -0.4 is 0 Å². The molecule has 21 heavy (non-hydrogen) atoms. The molecule has 0 N–H and O–H groups in total. The Morgan fingerprint density at radius 3 is 3.05 bits per heavy atom. The standard InChI is InChI=1S/C14H11ClN4O2/c1-2-21-14(20)10-6-12(15)18-19-8-11(17-13(10)19)9-4-3-5-16-7-9/h3-8H,2H2,1H3. The molecule has 0 amide bonds. The van der Waals surface area contributed by atoms with Crippen molar-refractivity contribution in [2.75, 3.05) is 6.61 Å². The number of rotatable bonds is 3. The number of hydrogen-bond acceptors (Lipinski definition) is 5. The van der Waals surface area contributed by atoms with Crippen LogP contribution in [-0.2, 0) is 4.74 Å². The Balaban J connectivity index is 2.17. The van der Waals surface area contributed by atoms with Crippen LogP contribution in [0.5, 0.6) is 0 Å². The average molecular weight is 303 g/mol. The number of nitrogens with zero attached hydrogens (tertiary/aromatic N) is 4. The van der Waals surface area contributed by atoms with Crippen molar-refractivity contribution < 1.29 is 9.53 Å². The molecule has 0 aromatic carbocycles. The zero-order valence-corrected chi connectivity index (χ0v) is 11.9. The molecule has 7 heteroatoms. The predicted molar refractivity (Wildman–Crippen MR) is 77.2 cm³/mol. The zero-order chi connectivity index (χ0) is 14.8. The van der Waals surface area contributed by atoms with Crippen molar-refractivity contribution in [1.82, 2.24) is 19.6 Å². The number of aromatic nitrogens is 4. The predicted octanol–water partition coefficient (Wildman–Crippen LogP) is 2.62. The van der Waals surface area contributed by atoms with Gasteiger partial charge in [-0.25, -0.2) is 14.3 Å². The number of ether oxygens (including phenoxy) is 1. The van der Waals surface area contributed by atoms with E-state index in [0.717, 1.165) is 5.56 Å². The quantitative estimate of drug-likeness (QED) is 0.696. The van der Waals surface area contributed by atoms with Crippen molar-refractivity contribution in [3.63, 3.8) is 0 Å². The number of esters is 1. The molecule has 6 nitrogen and oxygen atoms in total. The number of hydrogen-bond donors (Lipinski definition) is 0. The lowest BCUT2D eigenvalue weighted by atomic mass is 10.2. The number of carbonyl (C=O) groups excluding carboxylic acids is 1. The van der Waals surface area contributed by atoms with Crippen LogP contribution in [0.15, 0.2) is 36.8 Å². The molecule has 0 spiro atoms. The van der Waals surface area contributed by atoms with Crippen LogP contribution in [0.25, 0.3) is 16.9 Å². The molecule has 3 heterocycles. The van der Waals surface area contributed by atoms with Gasteiger partial charge in [-0.1, -0.05) is 11.6 Å². The molecule has 0 fully saturated rings. The molecule has 0 unspecified atom stereocenters. The highest BCUT2D eigenvalue weighted by molar-refractivity contribution is 6.29. The van der Waals surface area contributed by atoms with E-state index in [1.807, 2.05) is 12.1 Å². The summed E-state index contributed by atoms with van der Waals surface area (Å²) in [4.78, 5) is 20.5. The molecule has 0 saturated heterocycles. The topological polar surface area (TPSA) is 69.4 Å². The van der Waals surface area contributed by atoms with E-state index in [2.05, 4.69) is 15.1 Å². The van der Waals surface area contributed by atoms with Gasteiger partial charge in [-0.2, -0.15) is 5.10 Å². The van der Waals surface area contributed by atoms with E-state index in [1.54, 1.807) is 25.5 Å². The Bertz CT molecular complexity index is 801. The first kappa shape index (κ1) is 13.5. The summed E-state index contributed by atoms with van der Waals surface area (Å²) in [5.41, 5.74) is 2.17. The Morgan fingerprint density at radius 2 is 2.33 bits per heavy atom. The van der Waals surface area contributed by atoms with Crippen LogP contribution in [0.4, 0.5) is 0 Å². The van der Waals surface area contributed by atoms with E-state index in [0.29, 0.717) is 11.3 Å². The van der Waals surface area contributed by atoms with Crippen molar-refractivity contribution in [1.29, 1.82) is 0 Å². The third-order valence-electron chi connectivity index (χ3n) is 2.85. The van der Waals surface area contributed by atoms with E-state index in [-0.39, 0.29) is 17.3 Å². The number of imidazole rings is 1. The second-order valence-electron chi connectivity index (χ2n) is 4.24. The Morgan fingerprint density at radius 1 is 1.48 bits per heavy atom. The summed E-state index contributed by atoms with van der Waals surface area (Å²) in [6, 6.07) is 5.14. The number of carbonyl (C=O) groups is 1. The summed E-state index contributed by atoms with van der Waals surface area (Å²) in [5, 5.41) is 4.31. The van der Waals surface area contributed by atoms with E-state index < -0.39 is 5.97 Å². The number of pyridine rings is 1. The highest BCUT2D eigenvalue weighted by atomic mass is 35.5. The summed E-state index contributed by atoms with van der Waals surface area (Å²) in [7, 11) is 0. The minimum absolute atomic E-state index is 0.195. The van der Waals surface area contributed by atoms with Crippen molar-refractivity contribution >= 4 is 23.2 Å². The van der Waals surface area contributed by atoms with E-state index in [9.17, 15) is 4.79 Å². The van der Waals surface area contributed by atoms with Crippen molar-refractivity contribution in [3.8, 4) is 11.3 Å². The zero-order valence-electron chi connectivity index (χ0n) is 11.2. The Kier molecular flexibility index (Phi) is 3.53. The number of halogens is 1. The first-order chi connectivity index (χ1) is 10.2. The summed E-state index contributed by atoms with van der Waals surface area (Å²) < 4.78 is 6.48. The van der Waals surface area contributed by atoms with E-state index in [1.165, 1.54) is 10.6 Å². The van der Waals surface area contributed by atoms with Gasteiger partial charge >= 0.3 is 5.97 Å². The van der Waals surface area contributed by atoms with Gasteiger partial charge in [-0.3, -0.25) is 4.98 Å². The average Bonchev–Trinajstić information content (AvgIpc) is 2.91. The second kappa shape index (κ2) is 5.49. The Hall–Kier alpha value is -2.47. The molecule has 0 saturated carbocycles. The minimum atomic E-state index is -0.477. The third kappa shape index (κ3) is 2.57. The smallest absolute Gasteiger partial charge is 0.342 e. The summed E-state index contributed by atoms with van der Waals surface area (Å²) >= 11 is 5.94. The molecular weight excluding hydrogens is 292 g/mol. The van der Waals surface area contributed by atoms with Gasteiger partial charge in [0.05, 0.1) is 18.5 Å². The van der Waals surface area contributed by atoms with Gasteiger partial charge in [0.2, 0.25) is 0 Å². The summed E-state index contributed by atoms with van der Waals surface area (Å²) in [6.07, 6.45) is 5.06. The molecular formula is C14H11ClN4O2. The SMILES string of the molecule is CCOC(=O)c1cc(Cl)nn2cc(-c3cccnc3)nc12. The fourth-order valence-electron chi connectivity index (χ4n) is 1.96. The molecule has 3 aromatic rings. The van der Waals surface area contributed by atoms with Gasteiger partial charge < -0.3 is 4.74 Å². The van der Waals surface area contributed by atoms with Crippen LogP contribution in [0.3, 0.4) is 0 Å². The van der Waals surface area contributed by atoms with E-state index in [4.69, 9.17) is 16.3 Å². The minimum Gasteiger partial charge on any atom is -0.462 e. The monoisotopic (exact) mass is 302 g/mol. The maximum absolute atomic E-state index is 12.0. The van der Waals surface area contributed by atoms with Gasteiger partial charge in [0.1, 0.15) is 5.56 Å². The first-order valence-electron chi connectivity index (χ1n) is 6.32. The van der Waals surface area contributed by atoms with Gasteiger partial charge in [-0.05, 0) is 25.1 Å². The van der Waals surface area contributed by atoms with Gasteiger partial charge in [0, 0.05) is 18.0 Å². The van der Waals surface area contributed by atoms with Crippen LogP contribution >= 0.6 is 11.6 Å². The molecule has 0 aliphatic carbocycles. The van der Waals surface area contributed by atoms with Crippen LogP contribution in [0.1, 0.15) is 17.3 Å². The van der Waals surface area contributed by atoms with Crippen molar-refractivity contribution in [2.24, 2.45) is 0 Å². The molecule has 3 rings (SSSR count). The van der Waals surface area contributed by atoms with Gasteiger partial charge in [0.25, 0.3) is 0 Å². The lowest BCUT2D eigenvalue weighted by molar-refractivity contribution is 0.0527. The maximum Gasteiger partial charge on any atom is 0.342 e. The molecule has 0 aliphatic rings. The summed E-state index contributed by atoms with van der Waals surface area (Å²) in [6.45, 7) is 2.02. The lowest BCUT2D eigenvalue weighted by Crippen LogP contribution is -2.08. The van der Waals surface area contributed by atoms with Crippen molar-refractivity contribution in [3.05, 3.63) is 47.5 Å². The number of fused-ring (bicyclic) bond motifs is 1. The molecule has 0 bridgehead atoms. The molecule has 3 aromatic heterocycles.